The normalized spacial score (nSPS) is 11.8. The van der Waals surface area contributed by atoms with E-state index in [1.807, 2.05) is 20.8 Å². The maximum Gasteiger partial charge on any atom is 0.410 e. The number of nitrogens with zero attached hydrogens (tertiary/aromatic N) is 1. The zero-order chi connectivity index (χ0) is 21.6. The molecule has 2 amide bonds. The number of carbonyl (C=O) groups excluding carboxylic acids is 2. The molecule has 0 aliphatic heterocycles. The fraction of sp³-hybridized carbons (Fsp3) is 0.895. The van der Waals surface area contributed by atoms with Gasteiger partial charge in [-0.3, -0.25) is 0 Å². The van der Waals surface area contributed by atoms with Crippen molar-refractivity contribution in [2.75, 3.05) is 51.9 Å². The average molecular weight is 425 g/mol. The molecule has 0 radical (unpaired) electrons. The van der Waals surface area contributed by atoms with E-state index in [2.05, 4.69) is 5.32 Å². The van der Waals surface area contributed by atoms with Crippen LogP contribution in [0.1, 0.15) is 48.0 Å². The van der Waals surface area contributed by atoms with Crippen LogP contribution in [0.5, 0.6) is 0 Å². The summed E-state index contributed by atoms with van der Waals surface area (Å²) in [5, 5.41) is 2.61. The molecule has 0 aliphatic carbocycles. The standard InChI is InChI=1S/C19H37ClN2O6/c1-18(2,3)27-16(23)21-9-12-25-14-15-26-13-11-22(10-7-8-20)17(24)28-19(4,5)6/h7-15H2,1-6H3,(H,21,23). The summed E-state index contributed by atoms with van der Waals surface area (Å²) < 4.78 is 21.4. The first kappa shape index (κ1) is 26.8. The molecule has 166 valence electrons. The van der Waals surface area contributed by atoms with Crippen LogP contribution in [0.15, 0.2) is 0 Å². The lowest BCUT2D eigenvalue weighted by molar-refractivity contribution is 0.0105. The quantitative estimate of drug-likeness (QED) is 0.381. The molecular weight excluding hydrogens is 388 g/mol. The van der Waals surface area contributed by atoms with E-state index in [1.165, 1.54) is 0 Å². The molecule has 9 heteroatoms. The van der Waals surface area contributed by atoms with Gasteiger partial charge in [0.25, 0.3) is 0 Å². The summed E-state index contributed by atoms with van der Waals surface area (Å²) in [4.78, 5) is 25.2. The highest BCUT2D eigenvalue weighted by molar-refractivity contribution is 6.17. The van der Waals surface area contributed by atoms with E-state index in [9.17, 15) is 9.59 Å². The van der Waals surface area contributed by atoms with Crippen LogP contribution in [0.2, 0.25) is 0 Å². The highest BCUT2D eigenvalue weighted by Gasteiger charge is 2.21. The predicted octanol–water partition coefficient (Wildman–Crippen LogP) is 3.41. The summed E-state index contributed by atoms with van der Waals surface area (Å²) >= 11 is 5.72. The Bertz CT molecular complexity index is 449. The fourth-order valence-electron chi connectivity index (χ4n) is 1.91. The number of ether oxygens (including phenoxy) is 4. The van der Waals surface area contributed by atoms with E-state index in [0.29, 0.717) is 58.4 Å². The summed E-state index contributed by atoms with van der Waals surface area (Å²) in [5.41, 5.74) is -1.06. The van der Waals surface area contributed by atoms with Crippen molar-refractivity contribution in [3.63, 3.8) is 0 Å². The first-order valence-electron chi connectivity index (χ1n) is 9.61. The average Bonchev–Trinajstić information content (AvgIpc) is 2.52. The largest absolute Gasteiger partial charge is 0.444 e. The maximum atomic E-state index is 12.2. The zero-order valence-electron chi connectivity index (χ0n) is 18.1. The first-order valence-corrected chi connectivity index (χ1v) is 10.1. The van der Waals surface area contributed by atoms with E-state index >= 15 is 0 Å². The third kappa shape index (κ3) is 16.9. The number of hydrogen-bond acceptors (Lipinski definition) is 6. The molecule has 0 heterocycles. The second-order valence-electron chi connectivity index (χ2n) is 8.16. The molecule has 0 unspecified atom stereocenters. The van der Waals surface area contributed by atoms with Gasteiger partial charge in [-0.05, 0) is 48.0 Å². The van der Waals surface area contributed by atoms with Gasteiger partial charge in [0.2, 0.25) is 0 Å². The molecule has 0 rings (SSSR count). The minimum atomic E-state index is -0.543. The van der Waals surface area contributed by atoms with Gasteiger partial charge in [0.15, 0.2) is 0 Å². The van der Waals surface area contributed by atoms with Crippen LogP contribution >= 0.6 is 11.6 Å². The van der Waals surface area contributed by atoms with E-state index < -0.39 is 17.3 Å². The van der Waals surface area contributed by atoms with Gasteiger partial charge >= 0.3 is 12.2 Å². The van der Waals surface area contributed by atoms with Crippen LogP contribution in [0.25, 0.3) is 0 Å². The molecule has 0 atom stereocenters. The molecule has 0 spiro atoms. The summed E-state index contributed by atoms with van der Waals surface area (Å²) in [6, 6.07) is 0. The van der Waals surface area contributed by atoms with Crippen molar-refractivity contribution in [2.24, 2.45) is 0 Å². The SMILES string of the molecule is CC(C)(C)OC(=O)NCCOCCOCCN(CCCCl)C(=O)OC(C)(C)C. The topological polar surface area (TPSA) is 86.3 Å². The van der Waals surface area contributed by atoms with Crippen molar-refractivity contribution in [1.82, 2.24) is 10.2 Å². The molecule has 1 N–H and O–H groups in total. The first-order chi connectivity index (χ1) is 12.9. The third-order valence-electron chi connectivity index (χ3n) is 3.01. The Morgan fingerprint density at radius 2 is 1.43 bits per heavy atom. The number of amides is 2. The molecule has 0 aromatic rings. The van der Waals surface area contributed by atoms with E-state index in [0.717, 1.165) is 0 Å². The van der Waals surface area contributed by atoms with Crippen LogP contribution in [0, 0.1) is 0 Å². The number of carbonyl (C=O) groups is 2. The summed E-state index contributed by atoms with van der Waals surface area (Å²) in [6.07, 6.45) is -0.147. The lowest BCUT2D eigenvalue weighted by atomic mass is 10.2. The van der Waals surface area contributed by atoms with E-state index in [4.69, 9.17) is 30.5 Å². The molecular formula is C19H37ClN2O6. The fourth-order valence-corrected chi connectivity index (χ4v) is 2.03. The van der Waals surface area contributed by atoms with Gasteiger partial charge in [0.1, 0.15) is 11.2 Å². The molecule has 8 nitrogen and oxygen atoms in total. The highest BCUT2D eigenvalue weighted by atomic mass is 35.5. The summed E-state index contributed by atoms with van der Waals surface area (Å²) in [7, 11) is 0. The van der Waals surface area contributed by atoms with Gasteiger partial charge in [-0.25, -0.2) is 9.59 Å². The molecule has 0 saturated heterocycles. The number of halogens is 1. The van der Waals surface area contributed by atoms with E-state index in [1.54, 1.807) is 25.7 Å². The Morgan fingerprint density at radius 1 is 0.857 bits per heavy atom. The van der Waals surface area contributed by atoms with Crippen molar-refractivity contribution < 1.29 is 28.5 Å². The Labute approximate surface area is 174 Å². The second kappa shape index (κ2) is 13.8. The molecule has 0 aromatic carbocycles. The van der Waals surface area contributed by atoms with Crippen molar-refractivity contribution in [3.05, 3.63) is 0 Å². The van der Waals surface area contributed by atoms with Gasteiger partial charge in [-0.15, -0.1) is 11.6 Å². The van der Waals surface area contributed by atoms with Crippen LogP contribution in [-0.2, 0) is 18.9 Å². The zero-order valence-corrected chi connectivity index (χ0v) is 18.9. The van der Waals surface area contributed by atoms with E-state index in [-0.39, 0.29) is 6.09 Å². The monoisotopic (exact) mass is 424 g/mol. The highest BCUT2D eigenvalue weighted by Crippen LogP contribution is 2.10. The predicted molar refractivity (Wildman–Crippen MR) is 109 cm³/mol. The smallest absolute Gasteiger partial charge is 0.410 e. The van der Waals surface area contributed by atoms with Crippen LogP contribution in [0.4, 0.5) is 9.59 Å². The van der Waals surface area contributed by atoms with Crippen molar-refractivity contribution in [3.8, 4) is 0 Å². The number of nitrogens with one attached hydrogen (secondary N) is 1. The lowest BCUT2D eigenvalue weighted by Crippen LogP contribution is -2.39. The Morgan fingerprint density at radius 3 is 1.96 bits per heavy atom. The summed E-state index contributed by atoms with van der Waals surface area (Å²) in [5.74, 6) is 0.478. The van der Waals surface area contributed by atoms with Crippen LogP contribution in [-0.4, -0.2) is 80.2 Å². The second-order valence-corrected chi connectivity index (χ2v) is 8.54. The Balaban J connectivity index is 3.84. The molecule has 0 fully saturated rings. The third-order valence-corrected chi connectivity index (χ3v) is 3.27. The number of rotatable bonds is 12. The van der Waals surface area contributed by atoms with Crippen molar-refractivity contribution in [1.29, 1.82) is 0 Å². The molecule has 0 saturated carbocycles. The number of hydrogen-bond donors (Lipinski definition) is 1. The van der Waals surface area contributed by atoms with Gasteiger partial charge in [-0.1, -0.05) is 0 Å². The molecule has 28 heavy (non-hydrogen) atoms. The van der Waals surface area contributed by atoms with Gasteiger partial charge in [0, 0.05) is 25.5 Å². The van der Waals surface area contributed by atoms with Crippen LogP contribution in [0.3, 0.4) is 0 Å². The van der Waals surface area contributed by atoms with Crippen molar-refractivity contribution >= 4 is 23.8 Å². The minimum absolute atomic E-state index is 0.361. The number of alkyl carbamates (subject to hydrolysis) is 1. The van der Waals surface area contributed by atoms with Crippen LogP contribution < -0.4 is 5.32 Å². The van der Waals surface area contributed by atoms with Crippen molar-refractivity contribution in [2.45, 2.75) is 59.2 Å². The van der Waals surface area contributed by atoms with Gasteiger partial charge in [-0.2, -0.15) is 0 Å². The minimum Gasteiger partial charge on any atom is -0.444 e. The van der Waals surface area contributed by atoms with Gasteiger partial charge in [0.05, 0.1) is 26.4 Å². The molecule has 0 aliphatic rings. The lowest BCUT2D eigenvalue weighted by Gasteiger charge is -2.27. The Hall–Kier alpha value is -1.25. The summed E-state index contributed by atoms with van der Waals surface area (Å²) in [6.45, 7) is 13.7. The van der Waals surface area contributed by atoms with Gasteiger partial charge < -0.3 is 29.2 Å². The maximum absolute atomic E-state index is 12.2. The number of alkyl halides is 1. The Kier molecular flexibility index (Phi) is 13.2. The molecule has 0 aromatic heterocycles. The molecule has 0 bridgehead atoms.